The zero-order chi connectivity index (χ0) is 17.2. The largest absolute Gasteiger partial charge is 0.478 e. The van der Waals surface area contributed by atoms with E-state index in [1.807, 2.05) is 13.0 Å². The van der Waals surface area contributed by atoms with E-state index in [0.717, 1.165) is 5.56 Å². The number of aliphatic carboxylic acids is 2. The number of carbonyl (C=O) groups is 2. The average Bonchev–Trinajstić information content (AvgIpc) is 2.51. The highest BCUT2D eigenvalue weighted by Crippen LogP contribution is 2.21. The van der Waals surface area contributed by atoms with Crippen LogP contribution in [0.2, 0.25) is 0 Å². The molecular weight excluding hydrogens is 292 g/mol. The molecule has 2 N–H and O–H groups in total. The van der Waals surface area contributed by atoms with Gasteiger partial charge < -0.3 is 10.2 Å². The van der Waals surface area contributed by atoms with Gasteiger partial charge >= 0.3 is 11.9 Å². The fourth-order valence-electron chi connectivity index (χ4n) is 2.17. The summed E-state index contributed by atoms with van der Waals surface area (Å²) in [6, 6.07) is 8.95. The van der Waals surface area contributed by atoms with E-state index >= 15 is 0 Å². The van der Waals surface area contributed by atoms with E-state index in [-0.39, 0.29) is 24.0 Å². The monoisotopic (exact) mass is 312 g/mol. The number of benzene rings is 1. The zero-order valence-corrected chi connectivity index (χ0v) is 13.0. The van der Waals surface area contributed by atoms with Crippen LogP contribution in [0.3, 0.4) is 0 Å². The van der Waals surface area contributed by atoms with Crippen LogP contribution in [0.4, 0.5) is 0 Å². The number of hydrogen-bond donors (Lipinski definition) is 2. The van der Waals surface area contributed by atoms with E-state index < -0.39 is 11.9 Å². The van der Waals surface area contributed by atoms with Crippen molar-refractivity contribution in [2.75, 3.05) is 0 Å². The van der Waals surface area contributed by atoms with Gasteiger partial charge in [-0.2, -0.15) is 0 Å². The van der Waals surface area contributed by atoms with Gasteiger partial charge in [0, 0.05) is 12.8 Å². The molecule has 0 saturated carbocycles. The molecule has 0 heterocycles. The molecule has 0 fully saturated rings. The SMILES string of the molecule is C=C/C=C(\C=C/C)C/C(C(=O)O)=C(\Cc1ccccc1)C(=O)O. The molecule has 4 nitrogen and oxygen atoms in total. The third-order valence-electron chi connectivity index (χ3n) is 3.20. The van der Waals surface area contributed by atoms with Crippen molar-refractivity contribution in [3.8, 4) is 0 Å². The summed E-state index contributed by atoms with van der Waals surface area (Å²) in [6.45, 7) is 5.40. The molecule has 1 aromatic carbocycles. The van der Waals surface area contributed by atoms with Gasteiger partial charge in [0.05, 0.1) is 11.1 Å². The predicted molar refractivity (Wildman–Crippen MR) is 90.2 cm³/mol. The summed E-state index contributed by atoms with van der Waals surface area (Å²) in [6.07, 6.45) is 6.82. The maximum atomic E-state index is 11.6. The van der Waals surface area contributed by atoms with Crippen molar-refractivity contribution in [1.29, 1.82) is 0 Å². The topological polar surface area (TPSA) is 74.6 Å². The molecule has 1 rings (SSSR count). The Balaban J connectivity index is 3.29. The van der Waals surface area contributed by atoms with Gasteiger partial charge in [-0.05, 0) is 18.1 Å². The van der Waals surface area contributed by atoms with Crippen LogP contribution in [0.1, 0.15) is 18.9 Å². The van der Waals surface area contributed by atoms with Crippen LogP contribution in [0.25, 0.3) is 0 Å². The predicted octanol–water partition coefficient (Wildman–Crippen LogP) is 3.77. The summed E-state index contributed by atoms with van der Waals surface area (Å²) in [4.78, 5) is 23.1. The summed E-state index contributed by atoms with van der Waals surface area (Å²) in [5.74, 6) is -2.44. The highest BCUT2D eigenvalue weighted by Gasteiger charge is 2.21. The quantitative estimate of drug-likeness (QED) is 0.566. The first-order chi connectivity index (χ1) is 11.0. The Morgan fingerprint density at radius 3 is 2.17 bits per heavy atom. The van der Waals surface area contributed by atoms with Crippen LogP contribution in [-0.2, 0) is 16.0 Å². The van der Waals surface area contributed by atoms with Crippen LogP contribution in [0, 0.1) is 0 Å². The molecule has 0 amide bonds. The number of carboxylic acids is 2. The molecule has 1 aromatic rings. The van der Waals surface area contributed by atoms with Gasteiger partial charge in [0.15, 0.2) is 0 Å². The van der Waals surface area contributed by atoms with E-state index in [4.69, 9.17) is 0 Å². The molecular formula is C19H20O4. The van der Waals surface area contributed by atoms with Crippen molar-refractivity contribution in [3.63, 3.8) is 0 Å². The highest BCUT2D eigenvalue weighted by atomic mass is 16.4. The fourth-order valence-corrected chi connectivity index (χ4v) is 2.17. The highest BCUT2D eigenvalue weighted by molar-refractivity contribution is 5.99. The molecule has 0 aliphatic heterocycles. The van der Waals surface area contributed by atoms with Crippen LogP contribution in [-0.4, -0.2) is 22.2 Å². The third kappa shape index (κ3) is 5.79. The Morgan fingerprint density at radius 1 is 1.09 bits per heavy atom. The summed E-state index contributed by atoms with van der Waals surface area (Å²) in [7, 11) is 0. The first-order valence-electron chi connectivity index (χ1n) is 7.16. The minimum absolute atomic E-state index is 0.0279. The Labute approximate surface area is 135 Å². The maximum Gasteiger partial charge on any atom is 0.332 e. The molecule has 0 spiro atoms. The second-order valence-corrected chi connectivity index (χ2v) is 4.88. The van der Waals surface area contributed by atoms with Gasteiger partial charge in [-0.1, -0.05) is 61.2 Å². The summed E-state index contributed by atoms with van der Waals surface area (Å²) < 4.78 is 0. The molecule has 4 heteroatoms. The van der Waals surface area contributed by atoms with Crippen molar-refractivity contribution in [3.05, 3.63) is 83.5 Å². The molecule has 0 bridgehead atoms. The van der Waals surface area contributed by atoms with Gasteiger partial charge in [0.25, 0.3) is 0 Å². The lowest BCUT2D eigenvalue weighted by atomic mass is 9.94. The van der Waals surface area contributed by atoms with Crippen molar-refractivity contribution < 1.29 is 19.8 Å². The van der Waals surface area contributed by atoms with E-state index in [9.17, 15) is 19.8 Å². The molecule has 0 aliphatic rings. The molecule has 0 aromatic heterocycles. The molecule has 0 aliphatic carbocycles. The van der Waals surface area contributed by atoms with E-state index in [1.165, 1.54) is 0 Å². The minimum atomic E-state index is -1.22. The first-order valence-corrected chi connectivity index (χ1v) is 7.16. The lowest BCUT2D eigenvalue weighted by Gasteiger charge is -2.10. The van der Waals surface area contributed by atoms with Gasteiger partial charge in [0.2, 0.25) is 0 Å². The smallest absolute Gasteiger partial charge is 0.332 e. The number of allylic oxidation sites excluding steroid dienone is 5. The van der Waals surface area contributed by atoms with Gasteiger partial charge in [-0.15, -0.1) is 0 Å². The average molecular weight is 312 g/mol. The second-order valence-electron chi connectivity index (χ2n) is 4.88. The van der Waals surface area contributed by atoms with Gasteiger partial charge in [-0.25, -0.2) is 9.59 Å². The Bertz CT molecular complexity index is 664. The first kappa shape index (κ1) is 18.2. The van der Waals surface area contributed by atoms with Crippen LogP contribution >= 0.6 is 0 Å². The Hall–Kier alpha value is -2.88. The number of rotatable bonds is 8. The van der Waals surface area contributed by atoms with Gasteiger partial charge in [-0.3, -0.25) is 0 Å². The molecule has 0 unspecified atom stereocenters. The fraction of sp³-hybridized carbons (Fsp3) is 0.158. The van der Waals surface area contributed by atoms with Crippen molar-refractivity contribution in [1.82, 2.24) is 0 Å². The maximum absolute atomic E-state index is 11.6. The molecule has 120 valence electrons. The lowest BCUT2D eigenvalue weighted by Crippen LogP contribution is -2.14. The van der Waals surface area contributed by atoms with Crippen LogP contribution in [0.15, 0.2) is 77.9 Å². The lowest BCUT2D eigenvalue weighted by molar-refractivity contribution is -0.136. The zero-order valence-electron chi connectivity index (χ0n) is 13.0. The van der Waals surface area contributed by atoms with Crippen LogP contribution in [0.5, 0.6) is 0 Å². The molecule has 23 heavy (non-hydrogen) atoms. The minimum Gasteiger partial charge on any atom is -0.478 e. The van der Waals surface area contributed by atoms with E-state index in [2.05, 4.69) is 6.58 Å². The number of carboxylic acid groups (broad SMARTS) is 2. The summed E-state index contributed by atoms with van der Waals surface area (Å²) >= 11 is 0. The van der Waals surface area contributed by atoms with Crippen LogP contribution < -0.4 is 0 Å². The second kappa shape index (κ2) is 9.20. The summed E-state index contributed by atoms with van der Waals surface area (Å²) in [5, 5.41) is 18.9. The van der Waals surface area contributed by atoms with Crippen molar-refractivity contribution in [2.45, 2.75) is 19.8 Å². The molecule has 0 saturated heterocycles. The van der Waals surface area contributed by atoms with Gasteiger partial charge in [0.1, 0.15) is 0 Å². The Kier molecular flexibility index (Phi) is 7.27. The normalized spacial score (nSPS) is 12.8. The van der Waals surface area contributed by atoms with Crippen molar-refractivity contribution >= 4 is 11.9 Å². The van der Waals surface area contributed by atoms with E-state index in [0.29, 0.717) is 5.57 Å². The standard InChI is InChI=1S/C19H20O4/c1-3-8-14(9-4-2)12-16(18(20)21)17(19(22)23)13-15-10-6-5-7-11-15/h3-11H,1,12-13H2,2H3,(H,20,21)(H,22,23)/b9-4-,14-8+,17-16-. The van der Waals surface area contributed by atoms with E-state index in [1.54, 1.807) is 48.6 Å². The summed E-state index contributed by atoms with van der Waals surface area (Å²) in [5.41, 5.74) is 1.21. The molecule has 0 radical (unpaired) electrons. The molecule has 0 atom stereocenters. The number of hydrogen-bond acceptors (Lipinski definition) is 2. The van der Waals surface area contributed by atoms with Crippen molar-refractivity contribution in [2.24, 2.45) is 0 Å². The third-order valence-corrected chi connectivity index (χ3v) is 3.20. The Morgan fingerprint density at radius 2 is 1.70 bits per heavy atom.